The molecule has 0 aromatic heterocycles. The minimum Gasteiger partial charge on any atom is -0.478 e. The smallest absolute Gasteiger partial charge is 0.337 e. The van der Waals surface area contributed by atoms with Crippen LogP contribution in [0.5, 0.6) is 0 Å². The molecule has 0 unspecified atom stereocenters. The van der Waals surface area contributed by atoms with Crippen LogP contribution in [0.1, 0.15) is 10.4 Å². The molecule has 0 spiro atoms. The van der Waals surface area contributed by atoms with Crippen LogP contribution in [0.25, 0.3) is 0 Å². The molecule has 0 aliphatic carbocycles. The van der Waals surface area contributed by atoms with Gasteiger partial charge in [-0.1, -0.05) is 11.6 Å². The van der Waals surface area contributed by atoms with Crippen LogP contribution in [-0.4, -0.2) is 16.8 Å². The zero-order valence-electron chi connectivity index (χ0n) is 8.31. The van der Waals surface area contributed by atoms with Gasteiger partial charge in [0.25, 0.3) is 0 Å². The van der Waals surface area contributed by atoms with Crippen molar-refractivity contribution in [3.05, 3.63) is 28.8 Å². The topological polar surface area (TPSA) is 109 Å². The summed E-state index contributed by atoms with van der Waals surface area (Å²) in [5.41, 5.74) is 2.41. The Kier molecular flexibility index (Phi) is 4.04. The second-order valence-corrected chi connectivity index (χ2v) is 3.20. The van der Waals surface area contributed by atoms with E-state index in [1.54, 1.807) is 12.1 Å². The maximum atomic E-state index is 10.7. The van der Waals surface area contributed by atoms with E-state index in [0.29, 0.717) is 5.69 Å². The molecular weight excluding hydrogens is 244 g/mol. The Bertz CT molecular complexity index is 553. The van der Waals surface area contributed by atoms with Gasteiger partial charge in [-0.05, 0) is 18.2 Å². The van der Waals surface area contributed by atoms with E-state index in [-0.39, 0.29) is 16.3 Å². The van der Waals surface area contributed by atoms with Gasteiger partial charge in [0.2, 0.25) is 5.71 Å². The molecule has 0 saturated carbocycles. The average Bonchev–Trinajstić information content (AvgIpc) is 2.30. The van der Waals surface area contributed by atoms with Gasteiger partial charge in [0.1, 0.15) is 12.1 Å². The first-order valence-corrected chi connectivity index (χ1v) is 4.63. The highest BCUT2D eigenvalue weighted by atomic mass is 35.5. The van der Waals surface area contributed by atoms with E-state index in [9.17, 15) is 4.79 Å². The van der Waals surface area contributed by atoms with Crippen LogP contribution in [-0.2, 0) is 0 Å². The maximum absolute atomic E-state index is 10.7. The fourth-order valence-electron chi connectivity index (χ4n) is 0.954. The molecule has 1 aromatic rings. The summed E-state index contributed by atoms with van der Waals surface area (Å²) in [6.45, 7) is 0. The molecule has 0 bridgehead atoms. The molecule has 1 aromatic carbocycles. The van der Waals surface area contributed by atoms with Crippen molar-refractivity contribution in [2.75, 3.05) is 5.43 Å². The second kappa shape index (κ2) is 5.50. The first-order valence-electron chi connectivity index (χ1n) is 4.25. The van der Waals surface area contributed by atoms with Gasteiger partial charge in [0.05, 0.1) is 16.3 Å². The maximum Gasteiger partial charge on any atom is 0.337 e. The minimum atomic E-state index is -1.14. The lowest BCUT2D eigenvalue weighted by Crippen LogP contribution is -1.99. The highest BCUT2D eigenvalue weighted by molar-refractivity contribution is 6.33. The molecule has 6 nitrogen and oxygen atoms in total. The van der Waals surface area contributed by atoms with Crippen molar-refractivity contribution in [1.29, 1.82) is 10.5 Å². The summed E-state index contributed by atoms with van der Waals surface area (Å²) in [4.78, 5) is 10.7. The number of anilines is 1. The summed E-state index contributed by atoms with van der Waals surface area (Å²) in [5, 5.41) is 29.1. The van der Waals surface area contributed by atoms with Gasteiger partial charge in [0, 0.05) is 0 Å². The molecule has 0 fully saturated rings. The largest absolute Gasteiger partial charge is 0.478 e. The number of hydrogen-bond donors (Lipinski definition) is 2. The Balaban J connectivity index is 2.94. The number of carbonyl (C=O) groups is 1. The Morgan fingerprint density at radius 1 is 1.41 bits per heavy atom. The Morgan fingerprint density at radius 3 is 2.53 bits per heavy atom. The van der Waals surface area contributed by atoms with Gasteiger partial charge in [-0.2, -0.15) is 15.6 Å². The lowest BCUT2D eigenvalue weighted by molar-refractivity contribution is 0.0697. The summed E-state index contributed by atoms with van der Waals surface area (Å²) < 4.78 is 0. The van der Waals surface area contributed by atoms with E-state index in [2.05, 4.69) is 10.5 Å². The van der Waals surface area contributed by atoms with Crippen molar-refractivity contribution in [3.63, 3.8) is 0 Å². The number of carboxylic acid groups (broad SMARTS) is 1. The van der Waals surface area contributed by atoms with Crippen LogP contribution in [0, 0.1) is 22.7 Å². The number of rotatable bonds is 3. The van der Waals surface area contributed by atoms with Crippen molar-refractivity contribution in [3.8, 4) is 12.1 Å². The molecule has 0 radical (unpaired) electrons. The zero-order chi connectivity index (χ0) is 12.8. The highest BCUT2D eigenvalue weighted by Crippen LogP contribution is 2.20. The molecule has 7 heteroatoms. The van der Waals surface area contributed by atoms with E-state index in [1.165, 1.54) is 18.2 Å². The molecule has 0 amide bonds. The molecule has 17 heavy (non-hydrogen) atoms. The Hall–Kier alpha value is -2.57. The van der Waals surface area contributed by atoms with Crippen LogP contribution in [0.2, 0.25) is 5.02 Å². The summed E-state index contributed by atoms with van der Waals surface area (Å²) in [7, 11) is 0. The Labute approximate surface area is 101 Å². The average molecular weight is 249 g/mol. The number of hydrazone groups is 1. The van der Waals surface area contributed by atoms with Crippen molar-refractivity contribution >= 4 is 29.0 Å². The van der Waals surface area contributed by atoms with Gasteiger partial charge in [-0.15, -0.1) is 0 Å². The number of nitrogens with zero attached hydrogens (tertiary/aromatic N) is 3. The summed E-state index contributed by atoms with van der Waals surface area (Å²) in [5.74, 6) is -1.14. The molecule has 2 N–H and O–H groups in total. The summed E-state index contributed by atoms with van der Waals surface area (Å²) in [6.07, 6.45) is 0. The standard InChI is InChI=1S/C10H5ClN4O2/c11-9-3-6(1-2-8(9)10(16)17)14-15-7(4-12)5-13/h1-3,14H,(H,16,17). The lowest BCUT2D eigenvalue weighted by Gasteiger charge is -2.02. The van der Waals surface area contributed by atoms with Crippen molar-refractivity contribution in [1.82, 2.24) is 0 Å². The van der Waals surface area contributed by atoms with Gasteiger partial charge in [0.15, 0.2) is 0 Å². The number of carboxylic acids is 1. The van der Waals surface area contributed by atoms with Crippen molar-refractivity contribution in [2.24, 2.45) is 5.10 Å². The highest BCUT2D eigenvalue weighted by Gasteiger charge is 2.08. The molecule has 0 atom stereocenters. The van der Waals surface area contributed by atoms with Gasteiger partial charge < -0.3 is 5.11 Å². The molecular formula is C10H5ClN4O2. The zero-order valence-corrected chi connectivity index (χ0v) is 9.06. The van der Waals surface area contributed by atoms with E-state index >= 15 is 0 Å². The third kappa shape index (κ3) is 3.20. The van der Waals surface area contributed by atoms with E-state index in [4.69, 9.17) is 27.2 Å². The quantitative estimate of drug-likeness (QED) is 0.627. The number of benzene rings is 1. The van der Waals surface area contributed by atoms with Crippen LogP contribution >= 0.6 is 11.6 Å². The number of nitrogens with one attached hydrogen (secondary N) is 1. The van der Waals surface area contributed by atoms with E-state index in [0.717, 1.165) is 0 Å². The fourth-order valence-corrected chi connectivity index (χ4v) is 1.21. The third-order valence-electron chi connectivity index (χ3n) is 1.71. The van der Waals surface area contributed by atoms with Crippen LogP contribution in [0.4, 0.5) is 5.69 Å². The van der Waals surface area contributed by atoms with Crippen LogP contribution in [0.15, 0.2) is 23.3 Å². The summed E-state index contributed by atoms with van der Waals surface area (Å²) >= 11 is 5.71. The SMILES string of the molecule is N#CC(C#N)=NNc1ccc(C(=O)O)c(Cl)c1. The normalized spacial score (nSPS) is 8.65. The van der Waals surface area contributed by atoms with Crippen molar-refractivity contribution in [2.45, 2.75) is 0 Å². The number of aromatic carboxylic acids is 1. The predicted molar refractivity (Wildman–Crippen MR) is 60.7 cm³/mol. The first kappa shape index (κ1) is 12.5. The van der Waals surface area contributed by atoms with Gasteiger partial charge >= 0.3 is 5.97 Å². The number of halogens is 1. The van der Waals surface area contributed by atoms with Crippen LogP contribution < -0.4 is 5.43 Å². The molecule has 0 aliphatic heterocycles. The predicted octanol–water partition coefficient (Wildman–Crippen LogP) is 1.85. The molecule has 84 valence electrons. The minimum absolute atomic E-state index is 0.0353. The molecule has 0 saturated heterocycles. The van der Waals surface area contributed by atoms with E-state index in [1.807, 2.05) is 0 Å². The first-order chi connectivity index (χ1) is 8.08. The van der Waals surface area contributed by atoms with Gasteiger partial charge in [-0.3, -0.25) is 5.43 Å². The second-order valence-electron chi connectivity index (χ2n) is 2.80. The molecule has 1 rings (SSSR count). The van der Waals surface area contributed by atoms with Gasteiger partial charge in [-0.25, -0.2) is 4.79 Å². The van der Waals surface area contributed by atoms with Crippen molar-refractivity contribution < 1.29 is 9.90 Å². The van der Waals surface area contributed by atoms with Crippen LogP contribution in [0.3, 0.4) is 0 Å². The monoisotopic (exact) mass is 248 g/mol. The summed E-state index contributed by atoms with van der Waals surface area (Å²) in [6, 6.07) is 7.18. The number of nitriles is 2. The fraction of sp³-hybridized carbons (Fsp3) is 0. The van der Waals surface area contributed by atoms with E-state index < -0.39 is 5.97 Å². The third-order valence-corrected chi connectivity index (χ3v) is 2.02. The number of hydrogen-bond acceptors (Lipinski definition) is 5. The Morgan fingerprint density at radius 2 is 2.06 bits per heavy atom. The molecule has 0 aliphatic rings. The molecule has 0 heterocycles. The lowest BCUT2D eigenvalue weighted by atomic mass is 10.2.